The van der Waals surface area contributed by atoms with Crippen molar-refractivity contribution in [2.24, 2.45) is 4.99 Å². The summed E-state index contributed by atoms with van der Waals surface area (Å²) in [7, 11) is 0. The van der Waals surface area contributed by atoms with Gasteiger partial charge in [-0.1, -0.05) is 80.5 Å². The first-order valence-corrected chi connectivity index (χ1v) is 14.1. The summed E-state index contributed by atoms with van der Waals surface area (Å²) in [4.78, 5) is 21.5. The van der Waals surface area contributed by atoms with Crippen molar-refractivity contribution in [2.75, 3.05) is 0 Å². The lowest BCUT2D eigenvalue weighted by Gasteiger charge is -2.31. The number of aryl methyl sites for hydroxylation is 1. The van der Waals surface area contributed by atoms with Crippen LogP contribution in [0.15, 0.2) is 58.4 Å². The van der Waals surface area contributed by atoms with Gasteiger partial charge < -0.3 is 4.74 Å². The van der Waals surface area contributed by atoms with Crippen LogP contribution in [0.4, 0.5) is 0 Å². The number of hydrogen-bond donors (Lipinski definition) is 0. The first kappa shape index (κ1) is 24.2. The molecule has 1 saturated heterocycles. The molecule has 2 aromatic rings. The Morgan fingerprint density at radius 1 is 0.971 bits per heavy atom. The maximum absolute atomic E-state index is 13.5. The van der Waals surface area contributed by atoms with Crippen molar-refractivity contribution in [1.82, 2.24) is 4.90 Å². The van der Waals surface area contributed by atoms with Crippen molar-refractivity contribution in [3.63, 3.8) is 0 Å². The van der Waals surface area contributed by atoms with Crippen molar-refractivity contribution in [2.45, 2.75) is 89.8 Å². The minimum atomic E-state index is 0.135. The van der Waals surface area contributed by atoms with E-state index in [1.54, 1.807) is 11.8 Å². The Bertz CT molecular complexity index is 1080. The molecule has 0 radical (unpaired) electrons. The zero-order valence-corrected chi connectivity index (χ0v) is 21.6. The SMILES string of the molecule is Cc1cccc(COc2ccc(C=C3SC(=NC4CCCCC4)N(C4CCCCC4)C3=O)cc2)c1. The van der Waals surface area contributed by atoms with Crippen LogP contribution in [0.2, 0.25) is 0 Å². The maximum Gasteiger partial charge on any atom is 0.266 e. The zero-order chi connectivity index (χ0) is 24.0. The van der Waals surface area contributed by atoms with Crippen molar-refractivity contribution in [3.05, 3.63) is 70.1 Å². The van der Waals surface area contributed by atoms with Crippen LogP contribution in [-0.4, -0.2) is 28.1 Å². The molecule has 0 unspecified atom stereocenters. The molecule has 0 spiro atoms. The first-order chi connectivity index (χ1) is 17.2. The Kier molecular flexibility index (Phi) is 7.92. The largest absolute Gasteiger partial charge is 0.489 e. The zero-order valence-electron chi connectivity index (χ0n) is 20.7. The molecule has 0 atom stereocenters. The van der Waals surface area contributed by atoms with Gasteiger partial charge in [-0.05, 0) is 73.7 Å². The van der Waals surface area contributed by atoms with Gasteiger partial charge in [0.15, 0.2) is 5.17 Å². The highest BCUT2D eigenvalue weighted by atomic mass is 32.2. The van der Waals surface area contributed by atoms with Crippen LogP contribution in [0.5, 0.6) is 5.75 Å². The van der Waals surface area contributed by atoms with Crippen molar-refractivity contribution < 1.29 is 9.53 Å². The van der Waals surface area contributed by atoms with E-state index in [0.29, 0.717) is 18.7 Å². The monoisotopic (exact) mass is 488 g/mol. The van der Waals surface area contributed by atoms with E-state index in [1.165, 1.54) is 44.1 Å². The molecule has 0 aromatic heterocycles. The molecule has 184 valence electrons. The summed E-state index contributed by atoms with van der Waals surface area (Å²) < 4.78 is 5.97. The Balaban J connectivity index is 1.30. The van der Waals surface area contributed by atoms with Crippen molar-refractivity contribution in [3.8, 4) is 5.75 Å². The molecule has 1 amide bonds. The van der Waals surface area contributed by atoms with Crippen LogP contribution in [0.3, 0.4) is 0 Å². The smallest absolute Gasteiger partial charge is 0.266 e. The summed E-state index contributed by atoms with van der Waals surface area (Å²) in [6.45, 7) is 2.64. The molecule has 3 fully saturated rings. The number of carbonyl (C=O) groups is 1. The van der Waals surface area contributed by atoms with Crippen LogP contribution < -0.4 is 4.74 Å². The molecule has 2 aliphatic carbocycles. The van der Waals surface area contributed by atoms with E-state index in [-0.39, 0.29) is 5.91 Å². The number of thioether (sulfide) groups is 1. The van der Waals surface area contributed by atoms with Gasteiger partial charge in [0.25, 0.3) is 5.91 Å². The molecule has 4 nitrogen and oxygen atoms in total. The highest BCUT2D eigenvalue weighted by Gasteiger charge is 2.39. The number of aliphatic imine (C=N–C) groups is 1. The molecule has 1 heterocycles. The van der Waals surface area contributed by atoms with E-state index in [2.05, 4.69) is 31.2 Å². The average Bonchev–Trinajstić information content (AvgIpc) is 3.19. The van der Waals surface area contributed by atoms with Gasteiger partial charge in [-0.2, -0.15) is 0 Å². The standard InChI is InChI=1S/C30H36N2O2S/c1-22-9-8-10-24(19-22)21-34-27-17-15-23(16-18-27)20-28-29(33)32(26-13-6-3-7-14-26)30(35-28)31-25-11-4-2-5-12-25/h8-10,15-20,25-26H,2-7,11-14,21H2,1H3. The molecule has 2 saturated carbocycles. The van der Waals surface area contributed by atoms with Crippen LogP contribution in [-0.2, 0) is 11.4 Å². The predicted octanol–water partition coefficient (Wildman–Crippen LogP) is 7.51. The highest BCUT2D eigenvalue weighted by molar-refractivity contribution is 8.18. The van der Waals surface area contributed by atoms with Gasteiger partial charge in [0.05, 0.1) is 10.9 Å². The van der Waals surface area contributed by atoms with E-state index < -0.39 is 0 Å². The van der Waals surface area contributed by atoms with Gasteiger partial charge in [0.2, 0.25) is 0 Å². The van der Waals surface area contributed by atoms with Crippen molar-refractivity contribution in [1.29, 1.82) is 0 Å². The third-order valence-corrected chi connectivity index (χ3v) is 8.31. The van der Waals surface area contributed by atoms with Gasteiger partial charge in [-0.25, -0.2) is 0 Å². The summed E-state index contributed by atoms with van der Waals surface area (Å²) >= 11 is 1.58. The lowest BCUT2D eigenvalue weighted by atomic mass is 9.94. The van der Waals surface area contributed by atoms with Gasteiger partial charge in [0, 0.05) is 6.04 Å². The predicted molar refractivity (Wildman–Crippen MR) is 146 cm³/mol. The summed E-state index contributed by atoms with van der Waals surface area (Å²) in [5, 5.41) is 0.943. The minimum absolute atomic E-state index is 0.135. The van der Waals surface area contributed by atoms with Crippen molar-refractivity contribution >= 4 is 28.9 Å². The molecule has 1 aliphatic heterocycles. The molecule has 0 bridgehead atoms. The number of rotatable bonds is 6. The first-order valence-electron chi connectivity index (χ1n) is 13.2. The van der Waals surface area contributed by atoms with E-state index in [1.807, 2.05) is 35.2 Å². The van der Waals surface area contributed by atoms with Gasteiger partial charge in [-0.3, -0.25) is 14.7 Å². The topological polar surface area (TPSA) is 41.9 Å². The summed E-state index contributed by atoms with van der Waals surface area (Å²) in [6.07, 6.45) is 14.0. The summed E-state index contributed by atoms with van der Waals surface area (Å²) in [5.74, 6) is 0.971. The number of ether oxygens (including phenoxy) is 1. The van der Waals surface area contributed by atoms with E-state index in [9.17, 15) is 4.79 Å². The number of nitrogens with zero attached hydrogens (tertiary/aromatic N) is 2. The second kappa shape index (κ2) is 11.5. The van der Waals surface area contributed by atoms with Gasteiger partial charge >= 0.3 is 0 Å². The van der Waals surface area contributed by atoms with Crippen LogP contribution in [0, 0.1) is 6.92 Å². The third-order valence-electron chi connectivity index (χ3n) is 7.31. The van der Waals surface area contributed by atoms with E-state index in [4.69, 9.17) is 9.73 Å². The van der Waals surface area contributed by atoms with Gasteiger partial charge in [0.1, 0.15) is 12.4 Å². The summed E-state index contributed by atoms with van der Waals surface area (Å²) in [5.41, 5.74) is 3.42. The number of carbonyl (C=O) groups excluding carboxylic acids is 1. The minimum Gasteiger partial charge on any atom is -0.489 e. The average molecular weight is 489 g/mol. The molecule has 5 heteroatoms. The molecule has 5 rings (SSSR count). The molecule has 2 aromatic carbocycles. The fourth-order valence-electron chi connectivity index (χ4n) is 5.38. The third kappa shape index (κ3) is 6.19. The fourth-order valence-corrected chi connectivity index (χ4v) is 6.49. The number of benzene rings is 2. The highest BCUT2D eigenvalue weighted by Crippen LogP contribution is 2.38. The lowest BCUT2D eigenvalue weighted by molar-refractivity contribution is -0.124. The normalized spacial score (nSPS) is 22.3. The Hall–Kier alpha value is -2.53. The fraction of sp³-hybridized carbons (Fsp3) is 0.467. The molecule has 35 heavy (non-hydrogen) atoms. The molecule has 0 N–H and O–H groups in total. The van der Waals surface area contributed by atoms with Crippen LogP contribution in [0.1, 0.15) is 80.9 Å². The molecule has 3 aliphatic rings. The summed E-state index contributed by atoms with van der Waals surface area (Å²) in [6, 6.07) is 17.1. The Morgan fingerprint density at radius 2 is 1.69 bits per heavy atom. The Labute approximate surface area is 213 Å². The van der Waals surface area contributed by atoms with E-state index >= 15 is 0 Å². The second-order valence-corrected chi connectivity index (χ2v) is 11.1. The lowest BCUT2D eigenvalue weighted by Crippen LogP contribution is -2.41. The number of amidine groups is 1. The van der Waals surface area contributed by atoms with Gasteiger partial charge in [-0.15, -0.1) is 0 Å². The quantitative estimate of drug-likeness (QED) is 0.395. The Morgan fingerprint density at radius 3 is 2.40 bits per heavy atom. The second-order valence-electron chi connectivity index (χ2n) is 10.1. The van der Waals surface area contributed by atoms with Crippen LogP contribution in [0.25, 0.3) is 6.08 Å². The number of amides is 1. The molecular weight excluding hydrogens is 452 g/mol. The number of hydrogen-bond acceptors (Lipinski definition) is 4. The van der Waals surface area contributed by atoms with E-state index in [0.717, 1.165) is 52.6 Å². The van der Waals surface area contributed by atoms with Crippen LogP contribution >= 0.6 is 11.8 Å². The molecular formula is C30H36N2O2S. The maximum atomic E-state index is 13.5.